The fourth-order valence-corrected chi connectivity index (χ4v) is 5.02. The lowest BCUT2D eigenvalue weighted by Gasteiger charge is -2.28. The molecule has 0 unspecified atom stereocenters. The Kier molecular flexibility index (Phi) is 6.86. The molecule has 0 amide bonds. The summed E-state index contributed by atoms with van der Waals surface area (Å²) in [5.74, 6) is 2.04. The number of hydrogen-bond acceptors (Lipinski definition) is 9. The van der Waals surface area contributed by atoms with E-state index >= 15 is 0 Å². The summed E-state index contributed by atoms with van der Waals surface area (Å²) in [4.78, 5) is 16.3. The summed E-state index contributed by atoms with van der Waals surface area (Å²) in [6.45, 7) is 3.50. The van der Waals surface area contributed by atoms with E-state index in [0.29, 0.717) is 58.9 Å². The first kappa shape index (κ1) is 26.8. The van der Waals surface area contributed by atoms with Crippen LogP contribution in [0.1, 0.15) is 11.1 Å². The van der Waals surface area contributed by atoms with Crippen LogP contribution in [0.25, 0.3) is 11.2 Å². The Hall–Kier alpha value is -5.04. The number of morpholine rings is 1. The van der Waals surface area contributed by atoms with Crippen LogP contribution in [0, 0.1) is 0 Å². The van der Waals surface area contributed by atoms with Crippen molar-refractivity contribution in [1.29, 1.82) is 0 Å². The number of aromatic nitrogens is 4. The van der Waals surface area contributed by atoms with Crippen LogP contribution in [0.2, 0.25) is 0 Å². The quantitative estimate of drug-likeness (QED) is 0.239. The van der Waals surface area contributed by atoms with E-state index in [0.717, 1.165) is 36.6 Å². The van der Waals surface area contributed by atoms with Gasteiger partial charge < -0.3 is 34.3 Å². The molecule has 2 aromatic heterocycles. The van der Waals surface area contributed by atoms with Gasteiger partial charge in [0, 0.05) is 36.2 Å². The summed E-state index contributed by atoms with van der Waals surface area (Å²) < 4.78 is 57.4. The largest absolute Gasteiger partial charge is 0.454 e. The Bertz CT molecular complexity index is 1750. The van der Waals surface area contributed by atoms with Gasteiger partial charge in [-0.25, -0.2) is 4.98 Å². The van der Waals surface area contributed by atoms with Gasteiger partial charge in [0.2, 0.25) is 12.7 Å². The lowest BCUT2D eigenvalue weighted by Crippen LogP contribution is -2.36. The zero-order chi connectivity index (χ0) is 29.4. The summed E-state index contributed by atoms with van der Waals surface area (Å²) >= 11 is 0. The van der Waals surface area contributed by atoms with Crippen LogP contribution in [0.15, 0.2) is 73.1 Å². The van der Waals surface area contributed by atoms with Gasteiger partial charge in [-0.3, -0.25) is 0 Å². The van der Waals surface area contributed by atoms with Gasteiger partial charge in [-0.2, -0.15) is 23.1 Å². The van der Waals surface area contributed by atoms with Crippen molar-refractivity contribution in [3.05, 3.63) is 84.2 Å². The molecule has 0 saturated carbocycles. The van der Waals surface area contributed by atoms with E-state index in [9.17, 15) is 13.2 Å². The molecule has 1 fully saturated rings. The van der Waals surface area contributed by atoms with Crippen molar-refractivity contribution in [3.8, 4) is 11.5 Å². The molecule has 220 valence electrons. The third kappa shape index (κ3) is 5.71. The second-order valence-corrected chi connectivity index (χ2v) is 10.1. The molecule has 0 atom stereocenters. The highest BCUT2D eigenvalue weighted by molar-refractivity contribution is 5.87. The second kappa shape index (κ2) is 11.0. The maximum Gasteiger partial charge on any atom is 0.416 e. The van der Waals surface area contributed by atoms with Crippen molar-refractivity contribution in [3.63, 3.8) is 0 Å². The number of ether oxygens (including phenoxy) is 3. The minimum atomic E-state index is -4.40. The fraction of sp³-hybridized carbons (Fsp3) is 0.233. The molecule has 0 aliphatic carbocycles. The average molecular weight is 590 g/mol. The Labute approximate surface area is 244 Å². The van der Waals surface area contributed by atoms with E-state index in [1.165, 1.54) is 12.1 Å². The van der Waals surface area contributed by atoms with Gasteiger partial charge in [0.1, 0.15) is 0 Å². The monoisotopic (exact) mass is 589 g/mol. The highest BCUT2D eigenvalue weighted by atomic mass is 19.4. The smallest absolute Gasteiger partial charge is 0.416 e. The lowest BCUT2D eigenvalue weighted by molar-refractivity contribution is -0.137. The van der Waals surface area contributed by atoms with Gasteiger partial charge in [0.05, 0.1) is 31.6 Å². The van der Waals surface area contributed by atoms with Gasteiger partial charge in [-0.05, 0) is 54.1 Å². The van der Waals surface area contributed by atoms with E-state index in [1.54, 1.807) is 17.0 Å². The van der Waals surface area contributed by atoms with Crippen LogP contribution in [-0.4, -0.2) is 52.6 Å². The third-order valence-electron chi connectivity index (χ3n) is 7.23. The summed E-state index contributed by atoms with van der Waals surface area (Å²) in [5.41, 5.74) is 3.58. The molecule has 0 bridgehead atoms. The van der Waals surface area contributed by atoms with Crippen LogP contribution in [0.5, 0.6) is 11.5 Å². The molecule has 43 heavy (non-hydrogen) atoms. The number of hydrogen-bond donors (Lipinski definition) is 2. The molecule has 1 saturated heterocycles. The van der Waals surface area contributed by atoms with Gasteiger partial charge in [0.15, 0.2) is 28.5 Å². The molecule has 10 nitrogen and oxygen atoms in total. The normalized spacial score (nSPS) is 14.7. The fourth-order valence-electron chi connectivity index (χ4n) is 5.02. The number of fused-ring (bicyclic) bond motifs is 2. The van der Waals surface area contributed by atoms with Gasteiger partial charge >= 0.3 is 6.18 Å². The Morgan fingerprint density at radius 1 is 0.814 bits per heavy atom. The molecule has 5 aromatic rings. The minimum Gasteiger partial charge on any atom is -0.454 e. The number of nitrogens with one attached hydrogen (secondary N) is 2. The summed E-state index contributed by atoms with van der Waals surface area (Å²) in [7, 11) is 0. The van der Waals surface area contributed by atoms with Crippen molar-refractivity contribution < 1.29 is 27.4 Å². The molecular weight excluding hydrogens is 563 g/mol. The van der Waals surface area contributed by atoms with E-state index in [4.69, 9.17) is 24.2 Å². The van der Waals surface area contributed by atoms with Crippen molar-refractivity contribution in [2.45, 2.75) is 12.7 Å². The number of halogens is 3. The van der Waals surface area contributed by atoms with Gasteiger partial charge in [0.25, 0.3) is 0 Å². The predicted octanol–water partition coefficient (Wildman–Crippen LogP) is 5.95. The Balaban J connectivity index is 1.21. The van der Waals surface area contributed by atoms with Crippen molar-refractivity contribution in [1.82, 2.24) is 19.5 Å². The molecule has 2 N–H and O–H groups in total. The molecule has 0 spiro atoms. The van der Waals surface area contributed by atoms with E-state index in [1.807, 2.05) is 36.4 Å². The van der Waals surface area contributed by atoms with Crippen LogP contribution in [0.3, 0.4) is 0 Å². The zero-order valence-electron chi connectivity index (χ0n) is 22.8. The van der Waals surface area contributed by atoms with Crippen molar-refractivity contribution in [2.24, 2.45) is 0 Å². The van der Waals surface area contributed by atoms with Crippen LogP contribution in [-0.2, 0) is 17.5 Å². The maximum atomic E-state index is 13.1. The SMILES string of the molecule is FC(F)(F)c1ccc(Cn2cnc3c(Nc4ccc5c(c4)OCO5)nc(Nc4ccc(N5CCOCC5)cc4)nc32)cc1. The number of imidazole rings is 1. The number of alkyl halides is 3. The summed E-state index contributed by atoms with van der Waals surface area (Å²) in [6, 6.07) is 18.5. The standard InChI is InChI=1S/C30H26F3N7O3/c31-30(32,33)20-3-1-19(2-4-20)16-40-17-34-26-27(35-22-7-10-24-25(15-22)43-18-42-24)37-29(38-28(26)40)36-21-5-8-23(9-6-21)39-11-13-41-14-12-39/h1-10,15,17H,11-14,16,18H2,(H2,35,36,37,38). The van der Waals surface area contributed by atoms with Crippen molar-refractivity contribution in [2.75, 3.05) is 48.6 Å². The first-order valence-electron chi connectivity index (χ1n) is 13.6. The van der Waals surface area contributed by atoms with Crippen molar-refractivity contribution >= 4 is 40.0 Å². The highest BCUT2D eigenvalue weighted by Crippen LogP contribution is 2.36. The molecule has 2 aliphatic heterocycles. The van der Waals surface area contributed by atoms with Gasteiger partial charge in [-0.1, -0.05) is 12.1 Å². The Morgan fingerprint density at radius 3 is 2.33 bits per heavy atom. The molecule has 7 rings (SSSR count). The molecule has 4 heterocycles. The minimum absolute atomic E-state index is 0.156. The molecular formula is C30H26F3N7O3. The summed E-state index contributed by atoms with van der Waals surface area (Å²) in [5, 5.41) is 6.59. The maximum absolute atomic E-state index is 13.1. The van der Waals surface area contributed by atoms with E-state index in [-0.39, 0.29) is 13.3 Å². The molecule has 13 heteroatoms. The topological polar surface area (TPSA) is 98.6 Å². The number of anilines is 5. The molecule has 0 radical (unpaired) electrons. The van der Waals surface area contributed by atoms with Crippen LogP contribution >= 0.6 is 0 Å². The van der Waals surface area contributed by atoms with E-state index in [2.05, 4.69) is 20.5 Å². The number of nitrogens with zero attached hydrogens (tertiary/aromatic N) is 5. The zero-order valence-corrected chi connectivity index (χ0v) is 22.8. The molecule has 2 aliphatic rings. The first-order chi connectivity index (χ1) is 20.9. The lowest BCUT2D eigenvalue weighted by atomic mass is 10.1. The van der Waals surface area contributed by atoms with Gasteiger partial charge in [-0.15, -0.1) is 0 Å². The average Bonchev–Trinajstić information content (AvgIpc) is 3.65. The number of rotatable bonds is 7. The number of benzene rings is 3. The molecule has 3 aromatic carbocycles. The third-order valence-corrected chi connectivity index (χ3v) is 7.23. The summed E-state index contributed by atoms with van der Waals surface area (Å²) in [6.07, 6.45) is -2.80. The van der Waals surface area contributed by atoms with Crippen LogP contribution in [0.4, 0.5) is 42.0 Å². The highest BCUT2D eigenvalue weighted by Gasteiger charge is 2.30. The Morgan fingerprint density at radius 2 is 1.56 bits per heavy atom. The second-order valence-electron chi connectivity index (χ2n) is 10.1. The van der Waals surface area contributed by atoms with Crippen LogP contribution < -0.4 is 25.0 Å². The predicted molar refractivity (Wildman–Crippen MR) is 154 cm³/mol. The first-order valence-corrected chi connectivity index (χ1v) is 13.6. The van der Waals surface area contributed by atoms with E-state index < -0.39 is 11.7 Å².